The summed E-state index contributed by atoms with van der Waals surface area (Å²) in [5.41, 5.74) is 6.67. The molecule has 3 N–H and O–H groups in total. The molecule has 88 valence electrons. The summed E-state index contributed by atoms with van der Waals surface area (Å²) in [5.74, 6) is 0.0188. The molecule has 0 aliphatic rings. The van der Waals surface area contributed by atoms with Gasteiger partial charge in [-0.3, -0.25) is 9.78 Å². The smallest absolute Gasteiger partial charge is 0.221 e. The molecular formula is C12H19N3O. The summed E-state index contributed by atoms with van der Waals surface area (Å²) < 4.78 is 0. The topological polar surface area (TPSA) is 68.0 Å². The van der Waals surface area contributed by atoms with Crippen molar-refractivity contribution in [1.29, 1.82) is 0 Å². The maximum Gasteiger partial charge on any atom is 0.221 e. The van der Waals surface area contributed by atoms with Gasteiger partial charge in [0.15, 0.2) is 0 Å². The number of rotatable bonds is 6. The van der Waals surface area contributed by atoms with Crippen LogP contribution in [0.15, 0.2) is 24.4 Å². The SMILES string of the molecule is CCC(N)CC(=O)NCCc1ccccn1. The lowest BCUT2D eigenvalue weighted by Crippen LogP contribution is -2.32. The van der Waals surface area contributed by atoms with E-state index in [1.54, 1.807) is 6.20 Å². The Balaban J connectivity index is 2.18. The zero-order valence-corrected chi connectivity index (χ0v) is 9.65. The van der Waals surface area contributed by atoms with Gasteiger partial charge in [0, 0.05) is 37.3 Å². The Morgan fingerprint density at radius 3 is 3.00 bits per heavy atom. The Kier molecular flexibility index (Phi) is 5.50. The molecule has 0 aliphatic heterocycles. The van der Waals surface area contributed by atoms with Crippen molar-refractivity contribution in [3.8, 4) is 0 Å². The first-order valence-corrected chi connectivity index (χ1v) is 5.64. The number of carbonyl (C=O) groups excluding carboxylic acids is 1. The molecule has 4 heteroatoms. The monoisotopic (exact) mass is 221 g/mol. The molecule has 0 saturated heterocycles. The second kappa shape index (κ2) is 6.95. The van der Waals surface area contributed by atoms with Crippen LogP contribution in [-0.2, 0) is 11.2 Å². The first kappa shape index (κ1) is 12.6. The summed E-state index contributed by atoms with van der Waals surface area (Å²) in [6.45, 7) is 2.60. The first-order valence-electron chi connectivity index (χ1n) is 5.64. The highest BCUT2D eigenvalue weighted by atomic mass is 16.1. The van der Waals surface area contributed by atoms with E-state index >= 15 is 0 Å². The molecule has 0 bridgehead atoms. The van der Waals surface area contributed by atoms with Crippen LogP contribution in [0, 0.1) is 0 Å². The van der Waals surface area contributed by atoms with Crippen molar-refractivity contribution < 1.29 is 4.79 Å². The zero-order valence-electron chi connectivity index (χ0n) is 9.65. The van der Waals surface area contributed by atoms with E-state index in [0.717, 1.165) is 18.5 Å². The van der Waals surface area contributed by atoms with Gasteiger partial charge in [0.05, 0.1) is 0 Å². The molecule has 0 spiro atoms. The van der Waals surface area contributed by atoms with E-state index in [-0.39, 0.29) is 11.9 Å². The molecule has 1 atom stereocenters. The molecule has 1 heterocycles. The lowest BCUT2D eigenvalue weighted by atomic mass is 10.1. The van der Waals surface area contributed by atoms with Gasteiger partial charge in [0.2, 0.25) is 5.91 Å². The molecule has 4 nitrogen and oxygen atoms in total. The minimum atomic E-state index is -0.0325. The van der Waals surface area contributed by atoms with Crippen LogP contribution in [0.25, 0.3) is 0 Å². The zero-order chi connectivity index (χ0) is 11.8. The van der Waals surface area contributed by atoms with Crippen molar-refractivity contribution in [3.63, 3.8) is 0 Å². The maximum atomic E-state index is 11.4. The number of nitrogens with zero attached hydrogens (tertiary/aromatic N) is 1. The van der Waals surface area contributed by atoms with Gasteiger partial charge in [0.25, 0.3) is 0 Å². The van der Waals surface area contributed by atoms with E-state index in [0.29, 0.717) is 13.0 Å². The molecule has 1 unspecified atom stereocenters. The highest BCUT2D eigenvalue weighted by molar-refractivity contribution is 5.76. The predicted molar refractivity (Wildman–Crippen MR) is 63.8 cm³/mol. The Hall–Kier alpha value is -1.42. The van der Waals surface area contributed by atoms with Crippen LogP contribution in [0.2, 0.25) is 0 Å². The van der Waals surface area contributed by atoms with Crippen molar-refractivity contribution in [2.45, 2.75) is 32.2 Å². The summed E-state index contributed by atoms with van der Waals surface area (Å²) in [4.78, 5) is 15.6. The van der Waals surface area contributed by atoms with E-state index in [1.165, 1.54) is 0 Å². The summed E-state index contributed by atoms with van der Waals surface area (Å²) in [6.07, 6.45) is 3.74. The number of nitrogens with one attached hydrogen (secondary N) is 1. The van der Waals surface area contributed by atoms with Crippen LogP contribution in [-0.4, -0.2) is 23.5 Å². The molecule has 0 radical (unpaired) electrons. The number of pyridine rings is 1. The molecule has 1 aromatic heterocycles. The van der Waals surface area contributed by atoms with Gasteiger partial charge in [-0.25, -0.2) is 0 Å². The molecule has 1 amide bonds. The van der Waals surface area contributed by atoms with E-state index < -0.39 is 0 Å². The normalized spacial score (nSPS) is 12.1. The fourth-order valence-corrected chi connectivity index (χ4v) is 1.33. The highest BCUT2D eigenvalue weighted by Crippen LogP contribution is 1.95. The summed E-state index contributed by atoms with van der Waals surface area (Å²) in [7, 11) is 0. The second-order valence-corrected chi connectivity index (χ2v) is 3.79. The van der Waals surface area contributed by atoms with Gasteiger partial charge in [0.1, 0.15) is 0 Å². The Morgan fingerprint density at radius 1 is 1.56 bits per heavy atom. The number of nitrogens with two attached hydrogens (primary N) is 1. The van der Waals surface area contributed by atoms with Crippen molar-refractivity contribution in [2.24, 2.45) is 5.73 Å². The number of hydrogen-bond donors (Lipinski definition) is 2. The average Bonchev–Trinajstić information content (AvgIpc) is 2.30. The minimum absolute atomic E-state index is 0.0188. The standard InChI is InChI=1S/C12H19N3O/c1-2-10(13)9-12(16)15-8-6-11-5-3-4-7-14-11/h3-5,7,10H,2,6,8-9,13H2,1H3,(H,15,16). The van der Waals surface area contributed by atoms with Gasteiger partial charge in [-0.05, 0) is 18.6 Å². The van der Waals surface area contributed by atoms with Crippen LogP contribution in [0.4, 0.5) is 0 Å². The molecule has 0 aliphatic carbocycles. The Morgan fingerprint density at radius 2 is 2.38 bits per heavy atom. The molecule has 16 heavy (non-hydrogen) atoms. The van der Waals surface area contributed by atoms with E-state index in [4.69, 9.17) is 5.73 Å². The lowest BCUT2D eigenvalue weighted by molar-refractivity contribution is -0.121. The van der Waals surface area contributed by atoms with Crippen LogP contribution < -0.4 is 11.1 Å². The van der Waals surface area contributed by atoms with Crippen molar-refractivity contribution >= 4 is 5.91 Å². The van der Waals surface area contributed by atoms with Gasteiger partial charge in [-0.15, -0.1) is 0 Å². The predicted octanol–water partition coefficient (Wildman–Crippen LogP) is 0.868. The largest absolute Gasteiger partial charge is 0.356 e. The third-order valence-electron chi connectivity index (χ3n) is 2.40. The Labute approximate surface area is 96.3 Å². The van der Waals surface area contributed by atoms with E-state index in [9.17, 15) is 4.79 Å². The van der Waals surface area contributed by atoms with Gasteiger partial charge in [-0.2, -0.15) is 0 Å². The minimum Gasteiger partial charge on any atom is -0.356 e. The first-order chi connectivity index (χ1) is 7.72. The lowest BCUT2D eigenvalue weighted by Gasteiger charge is -2.08. The summed E-state index contributed by atoms with van der Waals surface area (Å²) in [6, 6.07) is 5.73. The molecule has 1 aromatic rings. The Bertz CT molecular complexity index is 313. The third-order valence-corrected chi connectivity index (χ3v) is 2.40. The van der Waals surface area contributed by atoms with E-state index in [1.807, 2.05) is 25.1 Å². The number of aromatic nitrogens is 1. The van der Waals surface area contributed by atoms with Crippen LogP contribution in [0.3, 0.4) is 0 Å². The quantitative estimate of drug-likeness (QED) is 0.749. The average molecular weight is 221 g/mol. The molecule has 0 saturated carbocycles. The number of carbonyl (C=O) groups is 1. The number of amides is 1. The summed E-state index contributed by atoms with van der Waals surface area (Å²) in [5, 5.41) is 2.84. The third kappa shape index (κ3) is 4.89. The molecule has 0 aromatic carbocycles. The maximum absolute atomic E-state index is 11.4. The highest BCUT2D eigenvalue weighted by Gasteiger charge is 2.06. The summed E-state index contributed by atoms with van der Waals surface area (Å²) >= 11 is 0. The van der Waals surface area contributed by atoms with Gasteiger partial charge in [-0.1, -0.05) is 13.0 Å². The van der Waals surface area contributed by atoms with Crippen molar-refractivity contribution in [1.82, 2.24) is 10.3 Å². The molecule has 1 rings (SSSR count). The van der Waals surface area contributed by atoms with Crippen LogP contribution >= 0.6 is 0 Å². The van der Waals surface area contributed by atoms with Crippen LogP contribution in [0.5, 0.6) is 0 Å². The van der Waals surface area contributed by atoms with Gasteiger partial charge >= 0.3 is 0 Å². The van der Waals surface area contributed by atoms with Crippen molar-refractivity contribution in [3.05, 3.63) is 30.1 Å². The molecular weight excluding hydrogens is 202 g/mol. The van der Waals surface area contributed by atoms with Crippen LogP contribution in [0.1, 0.15) is 25.5 Å². The van der Waals surface area contributed by atoms with E-state index in [2.05, 4.69) is 10.3 Å². The van der Waals surface area contributed by atoms with Crippen molar-refractivity contribution in [2.75, 3.05) is 6.54 Å². The second-order valence-electron chi connectivity index (χ2n) is 3.79. The fraction of sp³-hybridized carbons (Fsp3) is 0.500. The number of hydrogen-bond acceptors (Lipinski definition) is 3. The fourth-order valence-electron chi connectivity index (χ4n) is 1.33. The van der Waals surface area contributed by atoms with Gasteiger partial charge < -0.3 is 11.1 Å². The molecule has 0 fully saturated rings.